The summed E-state index contributed by atoms with van der Waals surface area (Å²) >= 11 is 0. The number of ether oxygens (including phenoxy) is 2. The lowest BCUT2D eigenvalue weighted by Gasteiger charge is -2.08. The minimum atomic E-state index is -0.451. The van der Waals surface area contributed by atoms with Gasteiger partial charge in [0, 0.05) is 5.69 Å². The zero-order valence-electron chi connectivity index (χ0n) is 11.0. The van der Waals surface area contributed by atoms with Crippen molar-refractivity contribution >= 4 is 11.8 Å². The van der Waals surface area contributed by atoms with E-state index in [4.69, 9.17) is 9.47 Å². The van der Waals surface area contributed by atoms with Crippen molar-refractivity contribution in [3.63, 3.8) is 0 Å². The molecule has 0 saturated heterocycles. The third-order valence-electron chi connectivity index (χ3n) is 3.18. The minimum Gasteiger partial charge on any atom is -0.444 e. The van der Waals surface area contributed by atoms with Gasteiger partial charge >= 0.3 is 6.09 Å². The Morgan fingerprint density at radius 2 is 1.90 bits per heavy atom. The Morgan fingerprint density at radius 3 is 2.75 bits per heavy atom. The van der Waals surface area contributed by atoms with E-state index in [1.807, 2.05) is 48.5 Å². The Labute approximate surface area is 117 Å². The molecule has 1 aliphatic heterocycles. The van der Waals surface area contributed by atoms with Crippen molar-refractivity contribution in [3.8, 4) is 0 Å². The Kier molecular flexibility index (Phi) is 3.65. The molecule has 0 fully saturated rings. The van der Waals surface area contributed by atoms with Crippen molar-refractivity contribution in [2.45, 2.75) is 19.8 Å². The second-order valence-corrected chi connectivity index (χ2v) is 4.66. The minimum absolute atomic E-state index is 0.265. The van der Waals surface area contributed by atoms with Gasteiger partial charge in [-0.3, -0.25) is 5.32 Å². The van der Waals surface area contributed by atoms with Crippen LogP contribution < -0.4 is 5.32 Å². The van der Waals surface area contributed by atoms with Gasteiger partial charge in [-0.1, -0.05) is 36.4 Å². The molecule has 2 aromatic rings. The number of benzene rings is 2. The number of carbonyl (C=O) groups excluding carboxylic acids is 1. The Bertz CT molecular complexity index is 610. The Balaban J connectivity index is 1.56. The maximum absolute atomic E-state index is 11.7. The van der Waals surface area contributed by atoms with E-state index in [9.17, 15) is 4.79 Å². The molecule has 1 aliphatic rings. The van der Waals surface area contributed by atoms with Gasteiger partial charge in [-0.05, 0) is 28.8 Å². The molecule has 102 valence electrons. The molecule has 0 spiro atoms. The van der Waals surface area contributed by atoms with E-state index in [1.165, 1.54) is 5.56 Å². The summed E-state index contributed by atoms with van der Waals surface area (Å²) in [4.78, 5) is 11.7. The maximum Gasteiger partial charge on any atom is 0.411 e. The lowest BCUT2D eigenvalue weighted by atomic mass is 10.1. The number of rotatable bonds is 3. The van der Waals surface area contributed by atoms with E-state index in [2.05, 4.69) is 5.32 Å². The fourth-order valence-electron chi connectivity index (χ4n) is 2.13. The molecule has 20 heavy (non-hydrogen) atoms. The molecular formula is C16H15NO3. The highest BCUT2D eigenvalue weighted by atomic mass is 16.5. The molecule has 3 rings (SSSR count). The first-order valence-electron chi connectivity index (χ1n) is 6.48. The predicted octanol–water partition coefficient (Wildman–Crippen LogP) is 3.47. The summed E-state index contributed by atoms with van der Waals surface area (Å²) < 4.78 is 10.5. The molecule has 1 amide bonds. The van der Waals surface area contributed by atoms with Gasteiger partial charge in [-0.25, -0.2) is 4.79 Å². The van der Waals surface area contributed by atoms with Crippen LogP contribution >= 0.6 is 0 Å². The van der Waals surface area contributed by atoms with E-state index in [0.29, 0.717) is 13.2 Å². The Hall–Kier alpha value is -2.33. The van der Waals surface area contributed by atoms with Crippen LogP contribution in [-0.4, -0.2) is 6.09 Å². The van der Waals surface area contributed by atoms with Gasteiger partial charge in [0.25, 0.3) is 0 Å². The molecule has 4 nitrogen and oxygen atoms in total. The number of hydrogen-bond acceptors (Lipinski definition) is 3. The summed E-state index contributed by atoms with van der Waals surface area (Å²) in [6, 6.07) is 15.3. The predicted molar refractivity (Wildman–Crippen MR) is 75.2 cm³/mol. The highest BCUT2D eigenvalue weighted by Gasteiger charge is 2.12. The summed E-state index contributed by atoms with van der Waals surface area (Å²) in [5.41, 5.74) is 3.98. The molecule has 1 N–H and O–H groups in total. The van der Waals surface area contributed by atoms with Crippen molar-refractivity contribution in [1.82, 2.24) is 0 Å². The number of amides is 1. The molecule has 0 radical (unpaired) electrons. The molecule has 0 bridgehead atoms. The topological polar surface area (TPSA) is 47.6 Å². The maximum atomic E-state index is 11.7. The summed E-state index contributed by atoms with van der Waals surface area (Å²) in [6.07, 6.45) is -0.451. The van der Waals surface area contributed by atoms with Crippen LogP contribution in [0.3, 0.4) is 0 Å². The molecule has 0 aromatic heterocycles. The number of carbonyl (C=O) groups is 1. The largest absolute Gasteiger partial charge is 0.444 e. The summed E-state index contributed by atoms with van der Waals surface area (Å²) in [7, 11) is 0. The van der Waals surface area contributed by atoms with E-state index in [1.54, 1.807) is 0 Å². The lowest BCUT2D eigenvalue weighted by molar-refractivity contribution is 0.134. The average molecular weight is 269 g/mol. The first-order chi connectivity index (χ1) is 9.81. The van der Waals surface area contributed by atoms with Gasteiger partial charge in [0.2, 0.25) is 0 Å². The normalized spacial score (nSPS) is 12.8. The van der Waals surface area contributed by atoms with Gasteiger partial charge in [0.05, 0.1) is 13.2 Å². The van der Waals surface area contributed by atoms with Gasteiger partial charge in [0.15, 0.2) is 0 Å². The second kappa shape index (κ2) is 5.75. The van der Waals surface area contributed by atoms with Gasteiger partial charge in [0.1, 0.15) is 6.61 Å². The van der Waals surface area contributed by atoms with E-state index in [0.717, 1.165) is 16.8 Å². The van der Waals surface area contributed by atoms with Crippen LogP contribution in [-0.2, 0) is 29.3 Å². The number of anilines is 1. The molecule has 0 atom stereocenters. The highest BCUT2D eigenvalue weighted by Crippen LogP contribution is 2.23. The number of fused-ring (bicyclic) bond motifs is 1. The molecular weight excluding hydrogens is 254 g/mol. The zero-order valence-corrected chi connectivity index (χ0v) is 11.0. The zero-order chi connectivity index (χ0) is 13.8. The van der Waals surface area contributed by atoms with Crippen molar-refractivity contribution in [1.29, 1.82) is 0 Å². The Morgan fingerprint density at radius 1 is 1.10 bits per heavy atom. The fraction of sp³-hybridized carbons (Fsp3) is 0.188. The van der Waals surface area contributed by atoms with Crippen LogP contribution in [0, 0.1) is 0 Å². The van der Waals surface area contributed by atoms with E-state index in [-0.39, 0.29) is 6.61 Å². The van der Waals surface area contributed by atoms with Crippen molar-refractivity contribution in [2.24, 2.45) is 0 Å². The standard InChI is InChI=1S/C16H15NO3/c18-16(20-9-12-4-2-1-3-5-12)17-15-7-6-13-10-19-11-14(13)8-15/h1-8H,9-11H2,(H,17,18). The third-order valence-corrected chi connectivity index (χ3v) is 3.18. The third kappa shape index (κ3) is 2.97. The van der Waals surface area contributed by atoms with Crippen LogP contribution in [0.15, 0.2) is 48.5 Å². The molecule has 4 heteroatoms. The second-order valence-electron chi connectivity index (χ2n) is 4.66. The number of nitrogens with one attached hydrogen (secondary N) is 1. The SMILES string of the molecule is O=C(Nc1ccc2c(c1)COC2)OCc1ccccc1. The van der Waals surface area contributed by atoms with Crippen LogP contribution in [0.5, 0.6) is 0 Å². The van der Waals surface area contributed by atoms with Crippen LogP contribution in [0.2, 0.25) is 0 Å². The van der Waals surface area contributed by atoms with Crippen LogP contribution in [0.25, 0.3) is 0 Å². The summed E-state index contributed by atoms with van der Waals surface area (Å²) in [5.74, 6) is 0. The highest BCUT2D eigenvalue weighted by molar-refractivity contribution is 5.84. The monoisotopic (exact) mass is 269 g/mol. The smallest absolute Gasteiger partial charge is 0.411 e. The number of hydrogen-bond donors (Lipinski definition) is 1. The molecule has 0 aliphatic carbocycles. The molecule has 0 unspecified atom stereocenters. The van der Waals surface area contributed by atoms with Crippen molar-refractivity contribution < 1.29 is 14.3 Å². The first-order valence-corrected chi connectivity index (χ1v) is 6.48. The van der Waals surface area contributed by atoms with E-state index < -0.39 is 6.09 Å². The fourth-order valence-corrected chi connectivity index (χ4v) is 2.13. The summed E-state index contributed by atoms with van der Waals surface area (Å²) in [5, 5.41) is 2.73. The van der Waals surface area contributed by atoms with Crippen molar-refractivity contribution in [3.05, 3.63) is 65.2 Å². The first kappa shape index (κ1) is 12.7. The van der Waals surface area contributed by atoms with E-state index >= 15 is 0 Å². The molecule has 1 heterocycles. The van der Waals surface area contributed by atoms with Gasteiger partial charge < -0.3 is 9.47 Å². The molecule has 0 saturated carbocycles. The van der Waals surface area contributed by atoms with Gasteiger partial charge in [-0.15, -0.1) is 0 Å². The van der Waals surface area contributed by atoms with Gasteiger partial charge in [-0.2, -0.15) is 0 Å². The summed E-state index contributed by atoms with van der Waals surface area (Å²) in [6.45, 7) is 1.51. The van der Waals surface area contributed by atoms with Crippen molar-refractivity contribution in [2.75, 3.05) is 5.32 Å². The van der Waals surface area contributed by atoms with Crippen LogP contribution in [0.4, 0.5) is 10.5 Å². The van der Waals surface area contributed by atoms with Crippen LogP contribution in [0.1, 0.15) is 16.7 Å². The lowest BCUT2D eigenvalue weighted by Crippen LogP contribution is -2.13. The molecule has 2 aromatic carbocycles. The quantitative estimate of drug-likeness (QED) is 0.928. The average Bonchev–Trinajstić information content (AvgIpc) is 2.94.